The first kappa shape index (κ1) is 9.71. The summed E-state index contributed by atoms with van der Waals surface area (Å²) in [7, 11) is 3.82. The minimum absolute atomic E-state index is 0.127. The average molecular weight is 171 g/mol. The van der Waals surface area contributed by atoms with Crippen LogP contribution in [0.1, 0.15) is 6.42 Å². The summed E-state index contributed by atoms with van der Waals surface area (Å²) in [5.74, 6) is 0. The van der Waals surface area contributed by atoms with Gasteiger partial charge in [-0.1, -0.05) is 12.2 Å². The fourth-order valence-corrected chi connectivity index (χ4v) is 1.59. The van der Waals surface area contributed by atoms with Crippen molar-refractivity contribution in [2.75, 3.05) is 27.3 Å². The number of rotatable bonds is 3. The minimum atomic E-state index is 0.127. The molecule has 1 saturated heterocycles. The number of likely N-dealkylation sites (tertiary alicyclic amines) is 1. The van der Waals surface area contributed by atoms with Crippen LogP contribution in [0.2, 0.25) is 0 Å². The lowest BCUT2D eigenvalue weighted by Crippen LogP contribution is -2.23. The molecule has 0 saturated carbocycles. The molecule has 0 bridgehead atoms. The minimum Gasteiger partial charge on any atom is -0.392 e. The van der Waals surface area contributed by atoms with E-state index in [0.29, 0.717) is 12.1 Å². The first-order valence-corrected chi connectivity index (χ1v) is 4.28. The van der Waals surface area contributed by atoms with Crippen molar-refractivity contribution in [1.29, 1.82) is 0 Å². The number of hydrogen-bond donors (Lipinski definition) is 1. The highest BCUT2D eigenvalue weighted by atomic mass is 16.5. The second kappa shape index (κ2) is 4.60. The largest absolute Gasteiger partial charge is 0.392 e. The van der Waals surface area contributed by atoms with Crippen molar-refractivity contribution in [2.45, 2.75) is 18.6 Å². The number of likely N-dealkylation sites (N-methyl/N-ethyl adjacent to an activating group) is 1. The topological polar surface area (TPSA) is 32.7 Å². The van der Waals surface area contributed by atoms with E-state index in [2.05, 4.69) is 11.9 Å². The van der Waals surface area contributed by atoms with Crippen LogP contribution < -0.4 is 0 Å². The maximum Gasteiger partial charge on any atom is 0.0716 e. The Hall–Kier alpha value is -0.380. The molecule has 0 aromatic heterocycles. The summed E-state index contributed by atoms with van der Waals surface area (Å²) in [4.78, 5) is 2.24. The maximum absolute atomic E-state index is 8.60. The van der Waals surface area contributed by atoms with Crippen LogP contribution >= 0.6 is 0 Å². The monoisotopic (exact) mass is 171 g/mol. The van der Waals surface area contributed by atoms with E-state index in [1.165, 1.54) is 0 Å². The van der Waals surface area contributed by atoms with Gasteiger partial charge in [0.1, 0.15) is 0 Å². The van der Waals surface area contributed by atoms with E-state index < -0.39 is 0 Å². The zero-order chi connectivity index (χ0) is 8.97. The van der Waals surface area contributed by atoms with Crippen molar-refractivity contribution < 1.29 is 9.84 Å². The molecule has 3 nitrogen and oxygen atoms in total. The third-order valence-electron chi connectivity index (χ3n) is 2.36. The molecule has 2 atom stereocenters. The summed E-state index contributed by atoms with van der Waals surface area (Å²) < 4.78 is 5.25. The second-order valence-corrected chi connectivity index (χ2v) is 3.21. The van der Waals surface area contributed by atoms with E-state index in [1.54, 1.807) is 13.2 Å². The Bertz CT molecular complexity index is 159. The summed E-state index contributed by atoms with van der Waals surface area (Å²) >= 11 is 0. The highest BCUT2D eigenvalue weighted by Gasteiger charge is 2.26. The predicted molar refractivity (Wildman–Crippen MR) is 48.1 cm³/mol. The number of aliphatic hydroxyl groups is 1. The van der Waals surface area contributed by atoms with Crippen molar-refractivity contribution in [1.82, 2.24) is 4.90 Å². The molecule has 1 aliphatic heterocycles. The number of ether oxygens (including phenoxy) is 1. The number of hydrogen-bond acceptors (Lipinski definition) is 3. The van der Waals surface area contributed by atoms with Crippen LogP contribution in [0, 0.1) is 0 Å². The first-order valence-electron chi connectivity index (χ1n) is 4.28. The van der Waals surface area contributed by atoms with Crippen LogP contribution in [0.4, 0.5) is 0 Å². The van der Waals surface area contributed by atoms with Crippen molar-refractivity contribution in [2.24, 2.45) is 0 Å². The molecule has 70 valence electrons. The molecule has 12 heavy (non-hydrogen) atoms. The molecular weight excluding hydrogens is 154 g/mol. The highest BCUT2D eigenvalue weighted by Crippen LogP contribution is 2.18. The Morgan fingerprint density at radius 3 is 2.92 bits per heavy atom. The van der Waals surface area contributed by atoms with Crippen molar-refractivity contribution >= 4 is 0 Å². The SMILES string of the molecule is COC1C[C@@H](C=CCO)N(C)C1. The van der Waals surface area contributed by atoms with E-state index in [9.17, 15) is 0 Å². The Kier molecular flexibility index (Phi) is 3.72. The Balaban J connectivity index is 2.40. The average Bonchev–Trinajstić information content (AvgIpc) is 2.43. The first-order chi connectivity index (χ1) is 5.77. The molecule has 0 radical (unpaired) electrons. The Morgan fingerprint density at radius 1 is 1.67 bits per heavy atom. The quantitative estimate of drug-likeness (QED) is 0.618. The highest BCUT2D eigenvalue weighted by molar-refractivity contribution is 4.99. The molecule has 3 heteroatoms. The van der Waals surface area contributed by atoms with Gasteiger partial charge in [-0.05, 0) is 13.5 Å². The van der Waals surface area contributed by atoms with Gasteiger partial charge in [0.2, 0.25) is 0 Å². The van der Waals surface area contributed by atoms with Crippen LogP contribution in [0.15, 0.2) is 12.2 Å². The number of aliphatic hydroxyl groups excluding tert-OH is 1. The molecule has 0 aliphatic carbocycles. The van der Waals surface area contributed by atoms with E-state index in [-0.39, 0.29) is 6.61 Å². The lowest BCUT2D eigenvalue weighted by Gasteiger charge is -2.13. The summed E-state index contributed by atoms with van der Waals surface area (Å²) in [6, 6.07) is 0.432. The third kappa shape index (κ3) is 2.30. The van der Waals surface area contributed by atoms with Gasteiger partial charge in [0.15, 0.2) is 0 Å². The van der Waals surface area contributed by atoms with Crippen LogP contribution in [0.3, 0.4) is 0 Å². The molecule has 1 fully saturated rings. The van der Waals surface area contributed by atoms with Gasteiger partial charge in [-0.15, -0.1) is 0 Å². The number of methoxy groups -OCH3 is 1. The summed E-state index contributed by atoms with van der Waals surface area (Å²) in [5.41, 5.74) is 0. The Labute approximate surface area is 73.6 Å². The molecule has 1 aliphatic rings. The summed E-state index contributed by atoms with van der Waals surface area (Å²) in [6.07, 6.45) is 5.21. The van der Waals surface area contributed by atoms with E-state index in [1.807, 2.05) is 6.08 Å². The summed E-state index contributed by atoms with van der Waals surface area (Å²) in [6.45, 7) is 1.11. The van der Waals surface area contributed by atoms with Crippen molar-refractivity contribution in [3.63, 3.8) is 0 Å². The van der Waals surface area contributed by atoms with Gasteiger partial charge in [-0.2, -0.15) is 0 Å². The lowest BCUT2D eigenvalue weighted by molar-refractivity contribution is 0.111. The van der Waals surface area contributed by atoms with Gasteiger partial charge in [0.25, 0.3) is 0 Å². The normalized spacial score (nSPS) is 31.9. The van der Waals surface area contributed by atoms with Gasteiger partial charge in [0.05, 0.1) is 12.7 Å². The zero-order valence-electron chi connectivity index (χ0n) is 7.73. The number of nitrogens with zero attached hydrogens (tertiary/aromatic N) is 1. The van der Waals surface area contributed by atoms with Crippen LogP contribution in [-0.2, 0) is 4.74 Å². The van der Waals surface area contributed by atoms with Crippen molar-refractivity contribution in [3.8, 4) is 0 Å². The van der Waals surface area contributed by atoms with Gasteiger partial charge < -0.3 is 9.84 Å². The van der Waals surface area contributed by atoms with Gasteiger partial charge >= 0.3 is 0 Å². The molecule has 1 rings (SSSR count). The van der Waals surface area contributed by atoms with Crippen LogP contribution in [-0.4, -0.2) is 49.5 Å². The van der Waals surface area contributed by atoms with E-state index >= 15 is 0 Å². The standard InChI is InChI=1S/C9H17NO2/c1-10-7-9(12-2)6-8(10)4-3-5-11/h3-4,8-9,11H,5-7H2,1-2H3/t8-,9?/m1/s1. The van der Waals surface area contributed by atoms with Gasteiger partial charge in [-0.25, -0.2) is 0 Å². The summed E-state index contributed by atoms with van der Waals surface area (Å²) in [5, 5.41) is 8.60. The predicted octanol–water partition coefficient (Wildman–Crippen LogP) is 0.254. The second-order valence-electron chi connectivity index (χ2n) is 3.21. The Morgan fingerprint density at radius 2 is 2.42 bits per heavy atom. The maximum atomic E-state index is 8.60. The molecular formula is C9H17NO2. The fourth-order valence-electron chi connectivity index (χ4n) is 1.59. The molecule has 0 spiro atoms. The zero-order valence-corrected chi connectivity index (χ0v) is 7.73. The smallest absolute Gasteiger partial charge is 0.0716 e. The van der Waals surface area contributed by atoms with Gasteiger partial charge in [0, 0.05) is 19.7 Å². The van der Waals surface area contributed by atoms with Crippen LogP contribution in [0.5, 0.6) is 0 Å². The molecule has 1 heterocycles. The van der Waals surface area contributed by atoms with Crippen LogP contribution in [0.25, 0.3) is 0 Å². The fraction of sp³-hybridized carbons (Fsp3) is 0.778. The molecule has 0 aromatic rings. The third-order valence-corrected chi connectivity index (χ3v) is 2.36. The van der Waals surface area contributed by atoms with Gasteiger partial charge in [-0.3, -0.25) is 4.90 Å². The molecule has 1 N–H and O–H groups in total. The van der Waals surface area contributed by atoms with E-state index in [0.717, 1.165) is 13.0 Å². The molecule has 0 aromatic carbocycles. The lowest BCUT2D eigenvalue weighted by atomic mass is 10.2. The van der Waals surface area contributed by atoms with E-state index in [4.69, 9.17) is 9.84 Å². The molecule has 1 unspecified atom stereocenters. The van der Waals surface area contributed by atoms with Crippen molar-refractivity contribution in [3.05, 3.63) is 12.2 Å². The molecule has 0 amide bonds.